The van der Waals surface area contributed by atoms with Crippen LogP contribution in [0.25, 0.3) is 0 Å². The smallest absolute Gasteiger partial charge is 0.249 e. The van der Waals surface area contributed by atoms with Crippen molar-refractivity contribution in [1.82, 2.24) is 5.32 Å². The van der Waals surface area contributed by atoms with Gasteiger partial charge in [0, 0.05) is 6.54 Å². The number of fused-ring (bicyclic) bond motifs is 2. The van der Waals surface area contributed by atoms with Gasteiger partial charge in [-0.15, -0.1) is 0 Å². The van der Waals surface area contributed by atoms with Gasteiger partial charge in [0.25, 0.3) is 0 Å². The van der Waals surface area contributed by atoms with E-state index < -0.39 is 0 Å². The van der Waals surface area contributed by atoms with Crippen molar-refractivity contribution in [3.8, 4) is 0 Å². The van der Waals surface area contributed by atoms with Crippen LogP contribution in [0.15, 0.2) is 0 Å². The molecule has 2 heterocycles. The molecule has 2 atom stereocenters. The molecule has 3 heteroatoms. The first-order valence-electron chi connectivity index (χ1n) is 3.29. The molecule has 2 aliphatic rings. The largest absolute Gasteiger partial charge is 0.363 e. The van der Waals surface area contributed by atoms with Gasteiger partial charge in [-0.1, -0.05) is 0 Å². The van der Waals surface area contributed by atoms with Crippen molar-refractivity contribution in [2.24, 2.45) is 0 Å². The van der Waals surface area contributed by atoms with Gasteiger partial charge in [0.15, 0.2) is 0 Å². The Bertz CT molecular complexity index is 146. The van der Waals surface area contributed by atoms with E-state index in [2.05, 4.69) is 5.32 Å². The normalized spacial score (nSPS) is 40.7. The first-order chi connectivity index (χ1) is 4.36. The van der Waals surface area contributed by atoms with E-state index in [1.165, 1.54) is 0 Å². The lowest BCUT2D eigenvalue weighted by Gasteiger charge is -2.19. The lowest BCUT2D eigenvalue weighted by molar-refractivity contribution is -0.137. The molecule has 2 saturated heterocycles. The number of amides is 1. The van der Waals surface area contributed by atoms with Crippen LogP contribution < -0.4 is 5.32 Å². The average molecular weight is 127 g/mol. The Labute approximate surface area is 53.4 Å². The maximum atomic E-state index is 10.8. The van der Waals surface area contributed by atoms with Crippen LogP contribution in [0.1, 0.15) is 12.8 Å². The molecule has 2 fully saturated rings. The molecular weight excluding hydrogens is 118 g/mol. The number of hydrogen-bond acceptors (Lipinski definition) is 2. The second-order valence-electron chi connectivity index (χ2n) is 2.57. The Hall–Kier alpha value is -0.570. The summed E-state index contributed by atoms with van der Waals surface area (Å²) >= 11 is 0. The fourth-order valence-electron chi connectivity index (χ4n) is 1.38. The van der Waals surface area contributed by atoms with Gasteiger partial charge in [-0.25, -0.2) is 0 Å². The van der Waals surface area contributed by atoms with Gasteiger partial charge in [0.2, 0.25) is 5.91 Å². The van der Waals surface area contributed by atoms with Crippen molar-refractivity contribution >= 4 is 5.91 Å². The maximum Gasteiger partial charge on any atom is 0.249 e. The number of ether oxygens (including phenoxy) is 1. The van der Waals surface area contributed by atoms with Crippen molar-refractivity contribution in [1.29, 1.82) is 0 Å². The van der Waals surface area contributed by atoms with Crippen molar-refractivity contribution in [3.63, 3.8) is 0 Å². The number of carbonyl (C=O) groups is 1. The number of rotatable bonds is 0. The Kier molecular flexibility index (Phi) is 0.990. The van der Waals surface area contributed by atoms with Crippen molar-refractivity contribution in [2.45, 2.75) is 25.0 Å². The maximum absolute atomic E-state index is 10.8. The SMILES string of the molecule is O=C1NC[C@@H]2CC[C@H]1O2. The minimum Gasteiger partial charge on any atom is -0.363 e. The summed E-state index contributed by atoms with van der Waals surface area (Å²) in [4.78, 5) is 10.8. The first kappa shape index (κ1) is 5.23. The van der Waals surface area contributed by atoms with Gasteiger partial charge >= 0.3 is 0 Å². The van der Waals surface area contributed by atoms with Gasteiger partial charge in [0.05, 0.1) is 6.10 Å². The summed E-state index contributed by atoms with van der Waals surface area (Å²) in [6.45, 7) is 0.718. The molecule has 0 aromatic carbocycles. The zero-order valence-corrected chi connectivity index (χ0v) is 5.09. The molecule has 1 N–H and O–H groups in total. The van der Waals surface area contributed by atoms with E-state index in [9.17, 15) is 4.79 Å². The second kappa shape index (κ2) is 1.70. The van der Waals surface area contributed by atoms with E-state index in [0.29, 0.717) is 6.10 Å². The number of morpholine rings is 1. The van der Waals surface area contributed by atoms with Gasteiger partial charge in [-0.2, -0.15) is 0 Å². The van der Waals surface area contributed by atoms with Gasteiger partial charge in [-0.05, 0) is 12.8 Å². The van der Waals surface area contributed by atoms with Crippen LogP contribution >= 0.6 is 0 Å². The van der Waals surface area contributed by atoms with Gasteiger partial charge < -0.3 is 10.1 Å². The standard InChI is InChI=1S/C6H9NO2/c8-6-5-2-1-4(9-5)3-7-6/h4-5H,1-3H2,(H,7,8)/t4-,5+/m0/s1. The summed E-state index contributed by atoms with van der Waals surface area (Å²) < 4.78 is 5.30. The molecule has 0 aromatic rings. The Morgan fingerprint density at radius 3 is 3.22 bits per heavy atom. The number of carbonyl (C=O) groups excluding carboxylic acids is 1. The minimum absolute atomic E-state index is 0.0729. The van der Waals surface area contributed by atoms with E-state index in [1.807, 2.05) is 0 Å². The zero-order valence-electron chi connectivity index (χ0n) is 5.09. The summed E-state index contributed by atoms with van der Waals surface area (Å²) in [7, 11) is 0. The fraction of sp³-hybridized carbons (Fsp3) is 0.833. The third-order valence-electron chi connectivity index (χ3n) is 1.90. The van der Waals surface area contributed by atoms with Crippen LogP contribution in [-0.2, 0) is 9.53 Å². The minimum atomic E-state index is -0.122. The average Bonchev–Trinajstić information content (AvgIpc) is 2.25. The molecule has 1 amide bonds. The van der Waals surface area contributed by atoms with E-state index in [1.54, 1.807) is 0 Å². The quantitative estimate of drug-likeness (QED) is 0.483. The summed E-state index contributed by atoms with van der Waals surface area (Å²) in [5.74, 6) is 0.0729. The van der Waals surface area contributed by atoms with E-state index in [4.69, 9.17) is 4.74 Å². The molecule has 9 heavy (non-hydrogen) atoms. The highest BCUT2D eigenvalue weighted by atomic mass is 16.5. The van der Waals surface area contributed by atoms with Crippen LogP contribution in [0.5, 0.6) is 0 Å². The zero-order chi connectivity index (χ0) is 6.27. The number of nitrogens with one attached hydrogen (secondary N) is 1. The molecule has 0 unspecified atom stereocenters. The lowest BCUT2D eigenvalue weighted by atomic mass is 10.2. The van der Waals surface area contributed by atoms with Crippen LogP contribution in [0.4, 0.5) is 0 Å². The fourth-order valence-corrected chi connectivity index (χ4v) is 1.38. The highest BCUT2D eigenvalue weighted by Crippen LogP contribution is 2.22. The second-order valence-corrected chi connectivity index (χ2v) is 2.57. The van der Waals surface area contributed by atoms with Crippen LogP contribution in [-0.4, -0.2) is 24.7 Å². The molecule has 50 valence electrons. The van der Waals surface area contributed by atoms with Crippen LogP contribution in [0.2, 0.25) is 0 Å². The predicted octanol–water partition coefficient (Wildman–Crippen LogP) is -0.336. The third-order valence-corrected chi connectivity index (χ3v) is 1.90. The molecule has 0 aromatic heterocycles. The topological polar surface area (TPSA) is 38.3 Å². The van der Waals surface area contributed by atoms with Gasteiger partial charge in [-0.3, -0.25) is 4.79 Å². The van der Waals surface area contributed by atoms with Crippen molar-refractivity contribution in [2.75, 3.05) is 6.54 Å². The molecule has 0 radical (unpaired) electrons. The summed E-state index contributed by atoms with van der Waals surface area (Å²) in [5, 5.41) is 2.78. The molecule has 0 saturated carbocycles. The Morgan fingerprint density at radius 1 is 1.56 bits per heavy atom. The van der Waals surface area contributed by atoms with Crippen molar-refractivity contribution in [3.05, 3.63) is 0 Å². The summed E-state index contributed by atoms with van der Waals surface area (Å²) in [6.07, 6.45) is 2.15. The highest BCUT2D eigenvalue weighted by molar-refractivity contribution is 5.81. The monoisotopic (exact) mass is 127 g/mol. The van der Waals surface area contributed by atoms with Crippen molar-refractivity contribution < 1.29 is 9.53 Å². The first-order valence-corrected chi connectivity index (χ1v) is 3.29. The van der Waals surface area contributed by atoms with Crippen LogP contribution in [0.3, 0.4) is 0 Å². The predicted molar refractivity (Wildman–Crippen MR) is 30.9 cm³/mol. The van der Waals surface area contributed by atoms with Gasteiger partial charge in [0.1, 0.15) is 6.10 Å². The molecule has 3 nitrogen and oxygen atoms in total. The van der Waals surface area contributed by atoms with E-state index >= 15 is 0 Å². The Morgan fingerprint density at radius 2 is 2.44 bits per heavy atom. The number of hydrogen-bond donors (Lipinski definition) is 1. The summed E-state index contributed by atoms with van der Waals surface area (Å²) in [6, 6.07) is 0. The molecule has 2 aliphatic heterocycles. The van der Waals surface area contributed by atoms with Crippen LogP contribution in [0, 0.1) is 0 Å². The molecule has 2 bridgehead atoms. The highest BCUT2D eigenvalue weighted by Gasteiger charge is 2.34. The lowest BCUT2D eigenvalue weighted by Crippen LogP contribution is -2.43. The molecule has 2 rings (SSSR count). The molecular formula is C6H9NO2. The third kappa shape index (κ3) is 0.721. The van der Waals surface area contributed by atoms with E-state index in [0.717, 1.165) is 19.4 Å². The summed E-state index contributed by atoms with van der Waals surface area (Å²) in [5.41, 5.74) is 0. The molecule has 0 spiro atoms. The Balaban J connectivity index is 2.14. The van der Waals surface area contributed by atoms with E-state index in [-0.39, 0.29) is 12.0 Å². The molecule has 0 aliphatic carbocycles.